The molecule has 0 unspecified atom stereocenters. The van der Waals surface area contributed by atoms with Gasteiger partial charge in [-0.25, -0.2) is 4.68 Å². The molecule has 244 valence electrons. The number of rotatable bonds is 9. The Hall–Kier alpha value is -4.24. The number of benzene rings is 3. The SMILES string of the molecule is C[C@H](NC(=O)C(C)(F)F)[C@H](Oc1ccc2c(cnn2-c2cccc(C(=O)N[C@H]3CCS(O)(O)C3)c2)c1)c1ccc2c(c1)OOCC2. The van der Waals surface area contributed by atoms with Crippen LogP contribution in [0.3, 0.4) is 0 Å². The molecule has 46 heavy (non-hydrogen) atoms. The summed E-state index contributed by atoms with van der Waals surface area (Å²) >= 11 is 0. The number of hydrogen-bond acceptors (Lipinski definition) is 8. The second-order valence-electron chi connectivity index (χ2n) is 11.7. The molecule has 1 fully saturated rings. The fourth-order valence-corrected chi connectivity index (χ4v) is 7.30. The van der Waals surface area contributed by atoms with Crippen LogP contribution in [0.2, 0.25) is 0 Å². The van der Waals surface area contributed by atoms with Crippen LogP contribution in [-0.4, -0.2) is 66.8 Å². The lowest BCUT2D eigenvalue weighted by molar-refractivity contribution is -0.215. The van der Waals surface area contributed by atoms with Crippen LogP contribution in [-0.2, 0) is 16.1 Å². The second-order valence-corrected chi connectivity index (χ2v) is 14.0. The average molecular weight is 657 g/mol. The first-order valence-corrected chi connectivity index (χ1v) is 16.7. The van der Waals surface area contributed by atoms with Crippen LogP contribution in [0.15, 0.2) is 66.9 Å². The summed E-state index contributed by atoms with van der Waals surface area (Å²) in [6.45, 7) is 2.53. The van der Waals surface area contributed by atoms with Gasteiger partial charge in [0.1, 0.15) is 11.9 Å². The molecule has 3 atom stereocenters. The van der Waals surface area contributed by atoms with E-state index in [1.807, 2.05) is 18.2 Å². The van der Waals surface area contributed by atoms with Gasteiger partial charge in [-0.2, -0.15) is 29.4 Å². The Morgan fingerprint density at radius 3 is 2.74 bits per heavy atom. The van der Waals surface area contributed by atoms with Crippen molar-refractivity contribution in [3.05, 3.63) is 83.6 Å². The Balaban J connectivity index is 1.24. The van der Waals surface area contributed by atoms with Crippen molar-refractivity contribution in [2.75, 3.05) is 18.1 Å². The first-order valence-electron chi connectivity index (χ1n) is 14.8. The molecular weight excluding hydrogens is 622 g/mol. The summed E-state index contributed by atoms with van der Waals surface area (Å²) in [6, 6.07) is 16.4. The van der Waals surface area contributed by atoms with E-state index in [2.05, 4.69) is 15.7 Å². The number of aromatic nitrogens is 2. The van der Waals surface area contributed by atoms with Crippen molar-refractivity contribution in [1.29, 1.82) is 0 Å². The summed E-state index contributed by atoms with van der Waals surface area (Å²) in [6.07, 6.45) is 1.93. The van der Waals surface area contributed by atoms with Crippen molar-refractivity contribution in [3.63, 3.8) is 0 Å². The molecule has 0 saturated carbocycles. The average Bonchev–Trinajstić information content (AvgIpc) is 3.60. The van der Waals surface area contributed by atoms with Gasteiger partial charge < -0.3 is 20.3 Å². The van der Waals surface area contributed by atoms with Crippen molar-refractivity contribution in [3.8, 4) is 17.2 Å². The van der Waals surface area contributed by atoms with E-state index in [1.54, 1.807) is 60.3 Å². The van der Waals surface area contributed by atoms with Crippen molar-refractivity contribution in [2.24, 2.45) is 0 Å². The number of nitrogens with one attached hydrogen (secondary N) is 2. The second kappa shape index (κ2) is 12.5. The Morgan fingerprint density at radius 2 is 1.98 bits per heavy atom. The number of ether oxygens (including phenoxy) is 1. The number of nitrogens with zero attached hydrogens (tertiary/aromatic N) is 2. The lowest BCUT2D eigenvalue weighted by Gasteiger charge is -2.28. The molecule has 11 nitrogen and oxygen atoms in total. The number of carbonyl (C=O) groups is 2. The van der Waals surface area contributed by atoms with Crippen LogP contribution in [0, 0.1) is 0 Å². The maximum atomic E-state index is 13.8. The molecule has 4 aromatic rings. The Bertz CT molecular complexity index is 1780. The molecule has 0 spiro atoms. The van der Waals surface area contributed by atoms with Crippen molar-refractivity contribution >= 4 is 33.3 Å². The van der Waals surface area contributed by atoms with Gasteiger partial charge in [0, 0.05) is 41.7 Å². The molecule has 6 rings (SSSR count). The lowest BCUT2D eigenvalue weighted by atomic mass is 9.99. The monoisotopic (exact) mass is 656 g/mol. The third kappa shape index (κ3) is 6.94. The normalized spacial score (nSPS) is 19.4. The number of alkyl halides is 2. The standard InChI is InChI=1S/C32H34F2N4O7S/c1-19(36-31(40)32(2,33)34)29(21-7-6-20-10-12-43-45-28(20)16-21)44-26-8-9-27-23(15-26)17-35-38(27)25-5-3-4-22(14-25)30(39)37-24-11-13-46(41,42)18-24/h3-9,14-17,19,24,29,41-42H,10-13,18H2,1-2H3,(H,36,40)(H,37,39)/t19-,24-,29-/m0/s1. The zero-order valence-corrected chi connectivity index (χ0v) is 25.9. The summed E-state index contributed by atoms with van der Waals surface area (Å²) in [5.74, 6) is -3.97. The van der Waals surface area contributed by atoms with Gasteiger partial charge in [-0.1, -0.05) is 18.2 Å². The van der Waals surface area contributed by atoms with E-state index >= 15 is 0 Å². The van der Waals surface area contributed by atoms with Crippen LogP contribution in [0.4, 0.5) is 8.78 Å². The molecular formula is C32H34F2N4O7S. The van der Waals surface area contributed by atoms with Gasteiger partial charge in [0.05, 0.1) is 35.8 Å². The highest BCUT2D eigenvalue weighted by molar-refractivity contribution is 8.24. The lowest BCUT2D eigenvalue weighted by Crippen LogP contribution is -2.46. The van der Waals surface area contributed by atoms with Gasteiger partial charge in [0.15, 0.2) is 5.75 Å². The largest absolute Gasteiger partial charge is 0.484 e. The van der Waals surface area contributed by atoms with Crippen molar-refractivity contribution < 1.29 is 42.0 Å². The van der Waals surface area contributed by atoms with Crippen LogP contribution in [0.1, 0.15) is 47.9 Å². The highest BCUT2D eigenvalue weighted by atomic mass is 32.3. The number of hydrogen-bond donors (Lipinski definition) is 4. The van der Waals surface area contributed by atoms with Gasteiger partial charge in [-0.3, -0.25) is 18.7 Å². The maximum absolute atomic E-state index is 13.8. The van der Waals surface area contributed by atoms with Gasteiger partial charge in [-0.05, 0) is 61.4 Å². The maximum Gasteiger partial charge on any atom is 0.321 e. The third-order valence-corrected chi connectivity index (χ3v) is 9.81. The topological polar surface area (TPSA) is 144 Å². The van der Waals surface area contributed by atoms with Gasteiger partial charge in [-0.15, -0.1) is 0 Å². The molecule has 0 aliphatic carbocycles. The summed E-state index contributed by atoms with van der Waals surface area (Å²) < 4.78 is 55.3. The van der Waals surface area contributed by atoms with E-state index in [9.17, 15) is 27.5 Å². The van der Waals surface area contributed by atoms with E-state index in [0.29, 0.717) is 60.1 Å². The molecule has 2 aliphatic heterocycles. The fraction of sp³-hybridized carbons (Fsp3) is 0.344. The molecule has 1 saturated heterocycles. The summed E-state index contributed by atoms with van der Waals surface area (Å²) in [4.78, 5) is 35.5. The number of amides is 2. The molecule has 4 N–H and O–H groups in total. The molecule has 0 bridgehead atoms. The number of fused-ring (bicyclic) bond motifs is 2. The Labute approximate surface area is 265 Å². The molecule has 0 radical (unpaired) electrons. The number of halogens is 2. The number of carbonyl (C=O) groups excluding carboxylic acids is 2. The third-order valence-electron chi connectivity index (χ3n) is 7.99. The van der Waals surface area contributed by atoms with E-state index in [-0.39, 0.29) is 23.5 Å². The first-order chi connectivity index (χ1) is 21.9. The predicted molar refractivity (Wildman–Crippen MR) is 168 cm³/mol. The Kier molecular flexibility index (Phi) is 8.63. The van der Waals surface area contributed by atoms with Crippen LogP contribution in [0.25, 0.3) is 16.6 Å². The molecule has 14 heteroatoms. The smallest absolute Gasteiger partial charge is 0.321 e. The fourth-order valence-electron chi connectivity index (χ4n) is 5.57. The van der Waals surface area contributed by atoms with E-state index in [0.717, 1.165) is 11.1 Å². The highest BCUT2D eigenvalue weighted by Gasteiger charge is 2.35. The van der Waals surface area contributed by atoms with E-state index < -0.39 is 34.6 Å². The molecule has 3 aromatic carbocycles. The predicted octanol–water partition coefficient (Wildman–Crippen LogP) is 5.42. The summed E-state index contributed by atoms with van der Waals surface area (Å²) in [5, 5.41) is 10.5. The minimum absolute atomic E-state index is 0.151. The van der Waals surface area contributed by atoms with Crippen LogP contribution in [0.5, 0.6) is 11.5 Å². The molecule has 2 aliphatic rings. The minimum Gasteiger partial charge on any atom is -0.484 e. The molecule has 1 aromatic heterocycles. The van der Waals surface area contributed by atoms with Gasteiger partial charge in [0.25, 0.3) is 11.8 Å². The van der Waals surface area contributed by atoms with E-state index in [1.165, 1.54) is 0 Å². The van der Waals surface area contributed by atoms with Crippen molar-refractivity contribution in [2.45, 2.75) is 50.8 Å². The van der Waals surface area contributed by atoms with Crippen LogP contribution >= 0.6 is 10.6 Å². The summed E-state index contributed by atoms with van der Waals surface area (Å²) in [7, 11) is -2.64. The van der Waals surface area contributed by atoms with Gasteiger partial charge in [0.2, 0.25) is 0 Å². The Morgan fingerprint density at radius 1 is 1.15 bits per heavy atom. The quantitative estimate of drug-likeness (QED) is 0.175. The van der Waals surface area contributed by atoms with Gasteiger partial charge >= 0.3 is 5.92 Å². The zero-order chi connectivity index (χ0) is 32.6. The molecule has 3 heterocycles. The van der Waals surface area contributed by atoms with E-state index in [4.69, 9.17) is 14.5 Å². The molecule has 2 amide bonds. The minimum atomic E-state index is -3.57. The summed E-state index contributed by atoms with van der Waals surface area (Å²) in [5.41, 5.74) is 3.28. The first kappa shape index (κ1) is 31.7. The van der Waals surface area contributed by atoms with Crippen molar-refractivity contribution in [1.82, 2.24) is 20.4 Å². The van der Waals surface area contributed by atoms with Crippen LogP contribution < -0.4 is 20.3 Å². The highest BCUT2D eigenvalue weighted by Crippen LogP contribution is 2.45. The zero-order valence-electron chi connectivity index (χ0n) is 25.1.